The second kappa shape index (κ2) is 15.5. The van der Waals surface area contributed by atoms with Crippen LogP contribution in [0.3, 0.4) is 0 Å². The van der Waals surface area contributed by atoms with E-state index in [0.29, 0.717) is 5.41 Å². The molecular weight excluding hydrogens is 691 g/mol. The van der Waals surface area contributed by atoms with Crippen molar-refractivity contribution in [1.82, 2.24) is 0 Å². The van der Waals surface area contributed by atoms with E-state index < -0.39 is 4.33 Å². The van der Waals surface area contributed by atoms with Gasteiger partial charge in [-0.05, 0) is 39.5 Å². The van der Waals surface area contributed by atoms with Crippen molar-refractivity contribution in [2.45, 2.75) is 96.2 Å². The molecule has 5 aromatic rings. The maximum Gasteiger partial charge on any atom is 2.00 e. The fourth-order valence-electron chi connectivity index (χ4n) is 5.52. The van der Waals surface area contributed by atoms with Crippen LogP contribution in [0.1, 0.15) is 107 Å². The molecule has 0 heterocycles. The zero-order valence-electron chi connectivity index (χ0n) is 29.9. The molecule has 0 radical (unpaired) electrons. The minimum Gasteiger partial charge on any atom is -0.207 e. The SMILES string of the molecule is CC(C)(C)c1[c-]c2c(cc1)-c1ccc(C(C)(C)C)cc1C2.Cc1cc(C(C)(C)C)c[cH-]1.ClC(Cl)(c1ccccc1)c1ccccc1.[Zr+2]. The first-order valence-electron chi connectivity index (χ1n) is 16.3. The summed E-state index contributed by atoms with van der Waals surface area (Å²) in [5, 5.41) is 0. The molecule has 1 aliphatic carbocycles. The summed E-state index contributed by atoms with van der Waals surface area (Å²) in [4.78, 5) is 0. The van der Waals surface area contributed by atoms with Crippen molar-refractivity contribution >= 4 is 23.2 Å². The molecular formula is C44H50Cl2Zr. The summed E-state index contributed by atoms with van der Waals surface area (Å²) >= 11 is 12.7. The molecule has 0 aromatic heterocycles. The van der Waals surface area contributed by atoms with E-state index in [9.17, 15) is 0 Å². The quantitative estimate of drug-likeness (QED) is 0.122. The molecule has 0 unspecified atom stereocenters. The van der Waals surface area contributed by atoms with Crippen molar-refractivity contribution in [3.63, 3.8) is 0 Å². The molecule has 0 bridgehead atoms. The Hall–Kier alpha value is -2.31. The normalized spacial score (nSPS) is 12.4. The summed E-state index contributed by atoms with van der Waals surface area (Å²) in [7, 11) is 0. The number of benzene rings is 4. The molecule has 1 aliphatic rings. The smallest absolute Gasteiger partial charge is 0.207 e. The van der Waals surface area contributed by atoms with Crippen LogP contribution in [-0.2, 0) is 53.2 Å². The van der Waals surface area contributed by atoms with Gasteiger partial charge in [0.15, 0.2) is 4.33 Å². The standard InChI is InChI=1S/C21H25.C13H10Cl2.C10H15.Zr/c1-20(2,3)16-7-9-18-14(12-16)11-15-13-17(21(4,5)6)8-10-19(15)18;14-13(15,11-7-3-1-4-8-11)12-9-5-2-6-10-12;1-8-5-6-9(7-8)10(2,3)4;/h7-10,12H,11H2,1-6H3;1-10H;5-7H,1-4H3;/q-1;;-1;+2. The van der Waals surface area contributed by atoms with E-state index in [2.05, 4.69) is 124 Å². The van der Waals surface area contributed by atoms with Gasteiger partial charge in [0.05, 0.1) is 0 Å². The molecule has 0 atom stereocenters. The molecule has 47 heavy (non-hydrogen) atoms. The predicted octanol–water partition coefficient (Wildman–Crippen LogP) is 13.0. The van der Waals surface area contributed by atoms with E-state index in [0.717, 1.165) is 17.5 Å². The van der Waals surface area contributed by atoms with Crippen LogP contribution >= 0.6 is 23.2 Å². The van der Waals surface area contributed by atoms with Gasteiger partial charge in [0.2, 0.25) is 0 Å². The van der Waals surface area contributed by atoms with Crippen molar-refractivity contribution in [3.05, 3.63) is 160 Å². The Bertz CT molecular complexity index is 1620. The Morgan fingerprint density at radius 1 is 0.574 bits per heavy atom. The molecule has 0 amide bonds. The number of alkyl halides is 2. The van der Waals surface area contributed by atoms with E-state index in [4.69, 9.17) is 23.2 Å². The van der Waals surface area contributed by atoms with Crippen LogP contribution in [0.4, 0.5) is 0 Å². The average Bonchev–Trinajstić information content (AvgIpc) is 3.61. The van der Waals surface area contributed by atoms with E-state index in [1.807, 2.05) is 60.7 Å². The molecule has 244 valence electrons. The Kier molecular flexibility index (Phi) is 12.9. The van der Waals surface area contributed by atoms with Gasteiger partial charge >= 0.3 is 26.2 Å². The number of fused-ring (bicyclic) bond motifs is 3. The van der Waals surface area contributed by atoms with Gasteiger partial charge < -0.3 is 0 Å². The number of rotatable bonds is 2. The topological polar surface area (TPSA) is 0 Å². The maximum atomic E-state index is 6.35. The number of aryl methyl sites for hydroxylation is 1. The number of hydrogen-bond acceptors (Lipinski definition) is 0. The van der Waals surface area contributed by atoms with Gasteiger partial charge in [-0.3, -0.25) is 0 Å². The molecule has 6 rings (SSSR count). The van der Waals surface area contributed by atoms with Crippen LogP contribution in [0.5, 0.6) is 0 Å². The summed E-state index contributed by atoms with van der Waals surface area (Å²) in [6.45, 7) is 22.4. The number of hydrogen-bond donors (Lipinski definition) is 0. The molecule has 0 nitrogen and oxygen atoms in total. The third kappa shape index (κ3) is 10.1. The van der Waals surface area contributed by atoms with Gasteiger partial charge in [0.1, 0.15) is 0 Å². The van der Waals surface area contributed by atoms with Crippen molar-refractivity contribution in [2.24, 2.45) is 0 Å². The fourth-order valence-corrected chi connectivity index (χ4v) is 6.02. The zero-order chi connectivity index (χ0) is 33.9. The van der Waals surface area contributed by atoms with E-state index in [1.165, 1.54) is 44.5 Å². The summed E-state index contributed by atoms with van der Waals surface area (Å²) in [6.07, 6.45) is 1.03. The monoisotopic (exact) mass is 738 g/mol. The number of halogens is 2. The zero-order valence-corrected chi connectivity index (χ0v) is 33.8. The minimum atomic E-state index is -0.970. The Balaban J connectivity index is 0.000000203. The molecule has 0 saturated carbocycles. The fraction of sp³-hybridized carbons (Fsp3) is 0.341. The Morgan fingerprint density at radius 2 is 1.09 bits per heavy atom. The summed E-state index contributed by atoms with van der Waals surface area (Å²) in [5.74, 6) is 0. The van der Waals surface area contributed by atoms with Crippen LogP contribution in [0, 0.1) is 13.0 Å². The second-order valence-corrected chi connectivity index (χ2v) is 16.9. The van der Waals surface area contributed by atoms with Gasteiger partial charge in [-0.2, -0.15) is 47.0 Å². The predicted molar refractivity (Wildman–Crippen MR) is 202 cm³/mol. The summed E-state index contributed by atoms with van der Waals surface area (Å²) in [6, 6.07) is 41.1. The maximum absolute atomic E-state index is 6.35. The van der Waals surface area contributed by atoms with Crippen molar-refractivity contribution in [2.75, 3.05) is 0 Å². The Labute approximate surface area is 314 Å². The summed E-state index contributed by atoms with van der Waals surface area (Å²) in [5.41, 5.74) is 13.6. The molecule has 0 aliphatic heterocycles. The van der Waals surface area contributed by atoms with Gasteiger partial charge in [0, 0.05) is 0 Å². The van der Waals surface area contributed by atoms with Crippen LogP contribution in [0.25, 0.3) is 11.1 Å². The average molecular weight is 741 g/mol. The molecule has 5 aromatic carbocycles. The second-order valence-electron chi connectivity index (χ2n) is 15.5. The third-order valence-corrected chi connectivity index (χ3v) is 9.38. The van der Waals surface area contributed by atoms with E-state index >= 15 is 0 Å². The van der Waals surface area contributed by atoms with Crippen molar-refractivity contribution < 1.29 is 26.2 Å². The van der Waals surface area contributed by atoms with Crippen molar-refractivity contribution in [1.29, 1.82) is 0 Å². The molecule has 0 N–H and O–H groups in total. The van der Waals surface area contributed by atoms with Crippen LogP contribution in [0.15, 0.2) is 109 Å². The molecule has 3 heteroatoms. The molecule has 0 spiro atoms. The first-order valence-corrected chi connectivity index (χ1v) is 17.0. The van der Waals surface area contributed by atoms with E-state index in [1.54, 1.807) is 0 Å². The van der Waals surface area contributed by atoms with E-state index in [-0.39, 0.29) is 37.0 Å². The van der Waals surface area contributed by atoms with Crippen LogP contribution in [0.2, 0.25) is 0 Å². The van der Waals surface area contributed by atoms with Gasteiger partial charge in [-0.25, -0.2) is 6.07 Å². The van der Waals surface area contributed by atoms with Gasteiger partial charge in [-0.15, -0.1) is 11.1 Å². The first-order chi connectivity index (χ1) is 21.4. The largest absolute Gasteiger partial charge is 2.00 e. The van der Waals surface area contributed by atoms with Crippen LogP contribution in [-0.4, -0.2) is 0 Å². The third-order valence-electron chi connectivity index (χ3n) is 8.51. The molecule has 0 fully saturated rings. The molecule has 0 saturated heterocycles. The van der Waals surface area contributed by atoms with Crippen molar-refractivity contribution in [3.8, 4) is 11.1 Å². The van der Waals surface area contributed by atoms with Gasteiger partial charge in [-0.1, -0.05) is 182 Å². The Morgan fingerprint density at radius 3 is 1.51 bits per heavy atom. The van der Waals surface area contributed by atoms with Crippen LogP contribution < -0.4 is 0 Å². The first kappa shape index (κ1) is 39.1. The summed E-state index contributed by atoms with van der Waals surface area (Å²) < 4.78 is -0.970. The van der Waals surface area contributed by atoms with Gasteiger partial charge in [0.25, 0.3) is 0 Å². The minimum absolute atomic E-state index is 0.